The minimum Gasteiger partial charge on any atom is -0.353 e. The highest BCUT2D eigenvalue weighted by molar-refractivity contribution is 7.16. The standard InChI is InChI=1S/C17H20N4S/c1-12-11-13-16(21-9-7-20(2)8-10-21)18-14-5-3-4-6-15(14)19-17(13)22-12/h3-6,11,19H,7-10H2,1-2H3/i2D3,3D,4D,5D,6D. The zero-order valence-electron chi connectivity index (χ0n) is 19.2. The molecule has 5 heteroatoms. The molecule has 0 saturated carbocycles. The fourth-order valence-corrected chi connectivity index (χ4v) is 3.60. The molecule has 2 aliphatic rings. The Morgan fingerprint density at radius 3 is 2.91 bits per heavy atom. The van der Waals surface area contributed by atoms with Crippen LogP contribution in [0, 0.1) is 6.92 Å². The van der Waals surface area contributed by atoms with Gasteiger partial charge >= 0.3 is 0 Å². The van der Waals surface area contributed by atoms with Crippen molar-refractivity contribution in [1.29, 1.82) is 0 Å². The fraction of sp³-hybridized carbons (Fsp3) is 0.353. The summed E-state index contributed by atoms with van der Waals surface area (Å²) in [6.07, 6.45) is 0. The maximum atomic E-state index is 8.29. The second-order valence-electron chi connectivity index (χ2n) is 5.36. The predicted octanol–water partition coefficient (Wildman–Crippen LogP) is 3.44. The number of hydrogen-bond donors (Lipinski definition) is 1. The Kier molecular flexibility index (Phi) is 2.00. The number of hydrogen-bond acceptors (Lipinski definition) is 5. The molecular formula is C17H20N4S. The van der Waals surface area contributed by atoms with E-state index in [9.17, 15) is 0 Å². The van der Waals surface area contributed by atoms with E-state index in [4.69, 9.17) is 9.60 Å². The number of fused-ring (bicyclic) bond motifs is 2. The first-order valence-corrected chi connectivity index (χ1v) is 7.96. The molecule has 0 spiro atoms. The van der Waals surface area contributed by atoms with Crippen LogP contribution in [-0.2, 0) is 0 Å². The van der Waals surface area contributed by atoms with Crippen LogP contribution in [0.1, 0.15) is 20.0 Å². The number of amidine groups is 1. The van der Waals surface area contributed by atoms with Gasteiger partial charge in [0.25, 0.3) is 0 Å². The van der Waals surface area contributed by atoms with E-state index in [0.29, 0.717) is 32.0 Å². The molecule has 2 aliphatic heterocycles. The molecule has 0 radical (unpaired) electrons. The van der Waals surface area contributed by atoms with Gasteiger partial charge in [-0.1, -0.05) is 12.1 Å². The summed E-state index contributed by atoms with van der Waals surface area (Å²) >= 11 is 1.49. The number of aryl methyl sites for hydroxylation is 1. The van der Waals surface area contributed by atoms with Crippen LogP contribution in [0.4, 0.5) is 16.4 Å². The Balaban J connectivity index is 1.82. The van der Waals surface area contributed by atoms with Crippen molar-refractivity contribution in [2.75, 3.05) is 38.5 Å². The SMILES string of the molecule is [2H]c1c([2H])c([2H])c2c(c1[2H])N=C(N1CCN(C([2H])([2H])[2H])CC1)c1cc(C)sc1N2. The molecule has 0 amide bonds. The molecule has 4 rings (SSSR count). The van der Waals surface area contributed by atoms with E-state index < -0.39 is 6.98 Å². The van der Waals surface area contributed by atoms with Gasteiger partial charge in [-0.3, -0.25) is 0 Å². The number of likely N-dealkylation sites (N-methyl/N-ethyl adjacent to an activating group) is 1. The van der Waals surface area contributed by atoms with Gasteiger partial charge in [0.1, 0.15) is 10.8 Å². The number of nitrogens with one attached hydrogen (secondary N) is 1. The summed E-state index contributed by atoms with van der Waals surface area (Å²) in [5.41, 5.74) is 1.25. The summed E-state index contributed by atoms with van der Waals surface area (Å²) < 4.78 is 55.3. The lowest BCUT2D eigenvalue weighted by Gasteiger charge is -2.34. The smallest absolute Gasteiger partial charge is 0.139 e. The molecule has 1 aromatic heterocycles. The number of nitrogens with zero attached hydrogens (tertiary/aromatic N) is 3. The van der Waals surface area contributed by atoms with Crippen LogP contribution in [0.3, 0.4) is 0 Å². The molecule has 0 aliphatic carbocycles. The van der Waals surface area contributed by atoms with Gasteiger partial charge in [0.05, 0.1) is 22.4 Å². The van der Waals surface area contributed by atoms with Gasteiger partial charge in [0.15, 0.2) is 0 Å². The van der Waals surface area contributed by atoms with Gasteiger partial charge in [-0.15, -0.1) is 11.3 Å². The summed E-state index contributed by atoms with van der Waals surface area (Å²) in [6.45, 7) is 1.49. The lowest BCUT2D eigenvalue weighted by Crippen LogP contribution is -2.47. The van der Waals surface area contributed by atoms with E-state index >= 15 is 0 Å². The summed E-state index contributed by atoms with van der Waals surface area (Å²) in [5.74, 6) is 0.603. The lowest BCUT2D eigenvalue weighted by molar-refractivity contribution is 0.216. The van der Waals surface area contributed by atoms with Crippen molar-refractivity contribution in [3.8, 4) is 0 Å². The van der Waals surface area contributed by atoms with E-state index in [2.05, 4.69) is 10.3 Å². The number of piperazine rings is 1. The second-order valence-corrected chi connectivity index (χ2v) is 6.61. The molecule has 0 atom stereocenters. The Bertz CT molecular complexity index is 1010. The van der Waals surface area contributed by atoms with Crippen molar-refractivity contribution in [3.63, 3.8) is 0 Å². The number of para-hydroxylation sites is 2. The van der Waals surface area contributed by atoms with E-state index in [0.717, 1.165) is 15.4 Å². The number of anilines is 2. The molecule has 1 saturated heterocycles. The molecule has 1 aromatic carbocycles. The van der Waals surface area contributed by atoms with Crippen LogP contribution >= 0.6 is 11.3 Å². The average molecular weight is 319 g/mol. The first-order chi connectivity index (χ1) is 13.6. The number of aliphatic imine (C=N–C) groups is 1. The zero-order valence-corrected chi connectivity index (χ0v) is 13.0. The molecule has 1 fully saturated rings. The van der Waals surface area contributed by atoms with E-state index in [-0.39, 0.29) is 35.5 Å². The van der Waals surface area contributed by atoms with Gasteiger partial charge in [-0.05, 0) is 32.1 Å². The Labute approximate surface area is 144 Å². The molecular weight excluding hydrogens is 292 g/mol. The topological polar surface area (TPSA) is 30.9 Å². The number of thiophene rings is 1. The highest BCUT2D eigenvalue weighted by Gasteiger charge is 2.25. The quantitative estimate of drug-likeness (QED) is 0.807. The van der Waals surface area contributed by atoms with Gasteiger partial charge in [-0.25, -0.2) is 4.99 Å². The van der Waals surface area contributed by atoms with E-state index in [1.54, 1.807) is 0 Å². The average Bonchev–Trinajstić information content (AvgIpc) is 2.95. The number of benzene rings is 1. The monoisotopic (exact) mass is 319 g/mol. The summed E-state index contributed by atoms with van der Waals surface area (Å²) in [6, 6.07) is 0.993. The molecule has 0 unspecified atom stereocenters. The largest absolute Gasteiger partial charge is 0.353 e. The summed E-state index contributed by atoms with van der Waals surface area (Å²) in [5, 5.41) is 3.94. The maximum Gasteiger partial charge on any atom is 0.139 e. The first kappa shape index (κ1) is 8.13. The lowest BCUT2D eigenvalue weighted by atomic mass is 10.2. The fourth-order valence-electron chi connectivity index (χ4n) is 2.69. The van der Waals surface area contributed by atoms with Gasteiger partial charge in [0, 0.05) is 35.2 Å². The molecule has 0 bridgehead atoms. The van der Waals surface area contributed by atoms with Crippen molar-refractivity contribution in [3.05, 3.63) is 40.7 Å². The third-order valence-corrected chi connectivity index (χ3v) is 4.77. The Morgan fingerprint density at radius 2 is 2.09 bits per heavy atom. The number of rotatable bonds is 0. The van der Waals surface area contributed by atoms with Crippen LogP contribution < -0.4 is 5.32 Å². The minimum atomic E-state index is -2.13. The molecule has 22 heavy (non-hydrogen) atoms. The van der Waals surface area contributed by atoms with Crippen LogP contribution in [0.15, 0.2) is 35.2 Å². The normalized spacial score (nSPS) is 23.2. The third kappa shape index (κ3) is 2.40. The Morgan fingerprint density at radius 1 is 1.27 bits per heavy atom. The molecule has 3 heterocycles. The van der Waals surface area contributed by atoms with Gasteiger partial charge in [0.2, 0.25) is 0 Å². The second kappa shape index (κ2) is 5.41. The van der Waals surface area contributed by atoms with Crippen molar-refractivity contribution in [2.24, 2.45) is 4.99 Å². The molecule has 1 N–H and O–H groups in total. The zero-order chi connectivity index (χ0) is 21.1. The van der Waals surface area contributed by atoms with Crippen molar-refractivity contribution in [2.45, 2.75) is 6.92 Å². The third-order valence-electron chi connectivity index (χ3n) is 3.80. The van der Waals surface area contributed by atoms with Crippen LogP contribution in [0.25, 0.3) is 0 Å². The first-order valence-electron chi connectivity index (χ1n) is 10.6. The van der Waals surface area contributed by atoms with Gasteiger partial charge in [-0.2, -0.15) is 0 Å². The van der Waals surface area contributed by atoms with E-state index in [1.165, 1.54) is 16.2 Å². The van der Waals surface area contributed by atoms with E-state index in [1.807, 2.05) is 17.9 Å². The highest BCUT2D eigenvalue weighted by Crippen LogP contribution is 2.39. The van der Waals surface area contributed by atoms with Crippen molar-refractivity contribution in [1.82, 2.24) is 9.80 Å². The van der Waals surface area contributed by atoms with Crippen LogP contribution in [-0.4, -0.2) is 48.8 Å². The highest BCUT2D eigenvalue weighted by atomic mass is 32.1. The Hall–Kier alpha value is -1.85. The van der Waals surface area contributed by atoms with Gasteiger partial charge < -0.3 is 15.1 Å². The van der Waals surface area contributed by atoms with Crippen molar-refractivity contribution < 1.29 is 9.60 Å². The van der Waals surface area contributed by atoms with Crippen molar-refractivity contribution >= 4 is 33.5 Å². The maximum absolute atomic E-state index is 8.29. The van der Waals surface area contributed by atoms with Crippen LogP contribution in [0.5, 0.6) is 0 Å². The molecule has 4 nitrogen and oxygen atoms in total. The molecule has 114 valence electrons. The predicted molar refractivity (Wildman–Crippen MR) is 94.0 cm³/mol. The molecule has 2 aromatic rings. The summed E-state index contributed by atoms with van der Waals surface area (Å²) in [7, 11) is 0. The minimum absolute atomic E-state index is 0.157. The summed E-state index contributed by atoms with van der Waals surface area (Å²) in [4.78, 5) is 9.17. The van der Waals surface area contributed by atoms with Crippen LogP contribution in [0.2, 0.25) is 0 Å².